The fourth-order valence-corrected chi connectivity index (χ4v) is 5.90. The number of hydrogen-bond acceptors (Lipinski definition) is 4. The second kappa shape index (κ2) is 11.6. The minimum absolute atomic E-state index is 0.0267. The van der Waals surface area contributed by atoms with Crippen LogP contribution in [0.5, 0.6) is 0 Å². The average molecular weight is 498 g/mol. The van der Waals surface area contributed by atoms with Crippen LogP contribution in [-0.2, 0) is 23.6 Å². The lowest BCUT2D eigenvalue weighted by atomic mass is 9.81. The highest BCUT2D eigenvalue weighted by molar-refractivity contribution is 7.98. The molecule has 4 aromatic rings. The summed E-state index contributed by atoms with van der Waals surface area (Å²) in [5, 5.41) is 4.53. The van der Waals surface area contributed by atoms with Gasteiger partial charge in [0.1, 0.15) is 0 Å². The highest BCUT2D eigenvalue weighted by Gasteiger charge is 2.27. The molecule has 0 bridgehead atoms. The van der Waals surface area contributed by atoms with E-state index in [0.717, 1.165) is 47.7 Å². The molecule has 5 rings (SSSR count). The Hall–Kier alpha value is -3.38. The van der Waals surface area contributed by atoms with Crippen molar-refractivity contribution in [3.8, 4) is 0 Å². The first-order chi connectivity index (χ1) is 17.7. The van der Waals surface area contributed by atoms with Gasteiger partial charge in [0.2, 0.25) is 5.91 Å². The van der Waals surface area contributed by atoms with Gasteiger partial charge in [0, 0.05) is 24.8 Å². The van der Waals surface area contributed by atoms with Gasteiger partial charge in [-0.15, -0.1) is 0 Å². The minimum Gasteiger partial charge on any atom is -0.352 e. The molecule has 184 valence electrons. The monoisotopic (exact) mass is 497 g/mol. The Bertz CT molecular complexity index is 1360. The number of nitrogens with zero attached hydrogens (tertiary/aromatic N) is 2. The van der Waals surface area contributed by atoms with Gasteiger partial charge in [-0.1, -0.05) is 84.6 Å². The lowest BCUT2D eigenvalue weighted by Crippen LogP contribution is -2.34. The van der Waals surface area contributed by atoms with Crippen molar-refractivity contribution < 1.29 is 4.79 Å². The zero-order valence-electron chi connectivity index (χ0n) is 20.3. The number of carbonyl (C=O) groups excluding carboxylic acids is 1. The standard InChI is InChI=1S/C30H31N3O2S/c34-28(31-19-22-9-3-1-4-10-22)25-17-15-23(16-18-25)20-33-29(35)26-13-7-8-14-27(26)32-30(33)36-21-24-11-5-2-6-12-24/h1-14,23,25H,15-21H2,(H,31,34). The number of hydrogen-bond donors (Lipinski definition) is 1. The molecular formula is C30H31N3O2S. The largest absolute Gasteiger partial charge is 0.352 e. The van der Waals surface area contributed by atoms with Gasteiger partial charge in [-0.25, -0.2) is 4.98 Å². The second-order valence-electron chi connectivity index (χ2n) is 9.52. The Balaban J connectivity index is 1.25. The molecule has 0 radical (unpaired) electrons. The molecule has 1 fully saturated rings. The van der Waals surface area contributed by atoms with Crippen LogP contribution in [0.4, 0.5) is 0 Å². The molecule has 1 aliphatic carbocycles. The fraction of sp³-hybridized carbons (Fsp3) is 0.300. The maximum Gasteiger partial charge on any atom is 0.262 e. The van der Waals surface area contributed by atoms with E-state index >= 15 is 0 Å². The fourth-order valence-electron chi connectivity index (χ4n) is 4.94. The van der Waals surface area contributed by atoms with E-state index in [1.54, 1.807) is 11.8 Å². The van der Waals surface area contributed by atoms with Crippen molar-refractivity contribution in [3.63, 3.8) is 0 Å². The number of amides is 1. The number of carbonyl (C=O) groups is 1. The van der Waals surface area contributed by atoms with E-state index in [4.69, 9.17) is 4.98 Å². The van der Waals surface area contributed by atoms with Crippen LogP contribution in [-0.4, -0.2) is 15.5 Å². The van der Waals surface area contributed by atoms with Gasteiger partial charge in [-0.3, -0.25) is 14.2 Å². The summed E-state index contributed by atoms with van der Waals surface area (Å²) >= 11 is 1.62. The zero-order chi connectivity index (χ0) is 24.7. The molecule has 0 aliphatic heterocycles. The Morgan fingerprint density at radius 1 is 0.861 bits per heavy atom. The summed E-state index contributed by atoms with van der Waals surface area (Å²) in [5.74, 6) is 1.31. The van der Waals surface area contributed by atoms with Crippen LogP contribution in [0.2, 0.25) is 0 Å². The normalized spacial score (nSPS) is 17.7. The molecule has 1 aromatic heterocycles. The van der Waals surface area contributed by atoms with Gasteiger partial charge in [0.15, 0.2) is 5.16 Å². The molecule has 0 spiro atoms. The highest BCUT2D eigenvalue weighted by Crippen LogP contribution is 2.31. The summed E-state index contributed by atoms with van der Waals surface area (Å²) in [4.78, 5) is 31.1. The summed E-state index contributed by atoms with van der Waals surface area (Å²) in [6.07, 6.45) is 3.58. The summed E-state index contributed by atoms with van der Waals surface area (Å²) in [6, 6.07) is 27.9. The smallest absolute Gasteiger partial charge is 0.262 e. The molecule has 1 aliphatic rings. The molecule has 36 heavy (non-hydrogen) atoms. The summed E-state index contributed by atoms with van der Waals surface area (Å²) < 4.78 is 1.87. The van der Waals surface area contributed by atoms with Crippen LogP contribution in [0.15, 0.2) is 94.9 Å². The third kappa shape index (κ3) is 5.88. The predicted octanol–water partition coefficient (Wildman–Crippen LogP) is 5.81. The summed E-state index contributed by atoms with van der Waals surface area (Å²) in [6.45, 7) is 1.21. The van der Waals surface area contributed by atoms with Crippen molar-refractivity contribution in [2.24, 2.45) is 11.8 Å². The van der Waals surface area contributed by atoms with Gasteiger partial charge in [-0.05, 0) is 54.9 Å². The van der Waals surface area contributed by atoms with Crippen LogP contribution < -0.4 is 10.9 Å². The Morgan fingerprint density at radius 2 is 1.50 bits per heavy atom. The third-order valence-corrected chi connectivity index (χ3v) is 8.05. The van der Waals surface area contributed by atoms with Crippen LogP contribution in [0.3, 0.4) is 0 Å². The molecule has 1 saturated carbocycles. The van der Waals surface area contributed by atoms with Gasteiger partial charge >= 0.3 is 0 Å². The van der Waals surface area contributed by atoms with Crippen molar-refractivity contribution in [1.29, 1.82) is 0 Å². The topological polar surface area (TPSA) is 64.0 Å². The van der Waals surface area contributed by atoms with Crippen molar-refractivity contribution in [3.05, 3.63) is 106 Å². The van der Waals surface area contributed by atoms with Crippen molar-refractivity contribution >= 4 is 28.6 Å². The van der Waals surface area contributed by atoms with E-state index in [1.165, 1.54) is 5.56 Å². The number of para-hydroxylation sites is 1. The van der Waals surface area contributed by atoms with Crippen LogP contribution >= 0.6 is 11.8 Å². The van der Waals surface area contributed by atoms with Gasteiger partial charge in [-0.2, -0.15) is 0 Å². The highest BCUT2D eigenvalue weighted by atomic mass is 32.2. The van der Waals surface area contributed by atoms with Crippen LogP contribution in [0.25, 0.3) is 10.9 Å². The SMILES string of the molecule is O=C(NCc1ccccc1)C1CCC(Cn2c(SCc3ccccc3)nc3ccccc3c2=O)CC1. The Labute approximate surface area is 216 Å². The molecule has 5 nitrogen and oxygen atoms in total. The molecule has 1 amide bonds. The quantitative estimate of drug-likeness (QED) is 0.246. The van der Waals surface area contributed by atoms with Crippen molar-refractivity contribution in [2.45, 2.75) is 49.7 Å². The third-order valence-electron chi connectivity index (χ3n) is 7.01. The molecule has 0 atom stereocenters. The number of benzene rings is 3. The number of fused-ring (bicyclic) bond motifs is 1. The van der Waals surface area contributed by atoms with Crippen molar-refractivity contribution in [2.75, 3.05) is 0 Å². The van der Waals surface area contributed by atoms with Crippen molar-refractivity contribution in [1.82, 2.24) is 14.9 Å². The van der Waals surface area contributed by atoms with Crippen LogP contribution in [0, 0.1) is 11.8 Å². The second-order valence-corrected chi connectivity index (χ2v) is 10.5. The number of aromatic nitrogens is 2. The molecule has 6 heteroatoms. The maximum absolute atomic E-state index is 13.5. The Kier molecular flexibility index (Phi) is 7.82. The van der Waals surface area contributed by atoms with Gasteiger partial charge in [0.05, 0.1) is 10.9 Å². The van der Waals surface area contributed by atoms with E-state index in [0.29, 0.717) is 24.4 Å². The Morgan fingerprint density at radius 3 is 2.22 bits per heavy atom. The number of nitrogens with one attached hydrogen (secondary N) is 1. The maximum atomic E-state index is 13.5. The molecule has 3 aromatic carbocycles. The summed E-state index contributed by atoms with van der Waals surface area (Å²) in [7, 11) is 0. The number of thioether (sulfide) groups is 1. The lowest BCUT2D eigenvalue weighted by molar-refractivity contribution is -0.126. The van der Waals surface area contributed by atoms with E-state index in [2.05, 4.69) is 17.4 Å². The zero-order valence-corrected chi connectivity index (χ0v) is 21.1. The molecule has 0 saturated heterocycles. The number of rotatable bonds is 8. The molecule has 0 unspecified atom stereocenters. The van der Waals surface area contributed by atoms with Crippen LogP contribution in [0.1, 0.15) is 36.8 Å². The first-order valence-corrected chi connectivity index (χ1v) is 13.6. The first kappa shape index (κ1) is 24.3. The molecule has 1 N–H and O–H groups in total. The van der Waals surface area contributed by atoms with E-state index < -0.39 is 0 Å². The van der Waals surface area contributed by atoms with Gasteiger partial charge < -0.3 is 5.32 Å². The minimum atomic E-state index is 0.0267. The van der Waals surface area contributed by atoms with E-state index in [-0.39, 0.29) is 17.4 Å². The van der Waals surface area contributed by atoms with E-state index in [9.17, 15) is 9.59 Å². The lowest BCUT2D eigenvalue weighted by Gasteiger charge is -2.28. The molecule has 1 heterocycles. The summed E-state index contributed by atoms with van der Waals surface area (Å²) in [5.41, 5.74) is 3.09. The van der Waals surface area contributed by atoms with E-state index in [1.807, 2.05) is 77.4 Å². The van der Waals surface area contributed by atoms with Gasteiger partial charge in [0.25, 0.3) is 5.56 Å². The predicted molar refractivity (Wildman–Crippen MR) is 146 cm³/mol. The average Bonchev–Trinajstić information content (AvgIpc) is 2.94. The molecular weight excluding hydrogens is 466 g/mol. The first-order valence-electron chi connectivity index (χ1n) is 12.7.